The molecule has 0 saturated carbocycles. The fraction of sp³-hybridized carbons (Fsp3) is 0.450. The van der Waals surface area contributed by atoms with Crippen LogP contribution in [0.15, 0.2) is 24.5 Å². The number of nitrogen functional groups attached to an aromatic ring is 1. The number of nitrogens with zero attached hydrogens (tertiary/aromatic N) is 3. The number of hydrogen-bond donors (Lipinski definition) is 2. The van der Waals surface area contributed by atoms with Crippen molar-refractivity contribution in [1.82, 2.24) is 9.97 Å². The molecule has 31 heavy (non-hydrogen) atoms. The number of pyridine rings is 2. The topological polar surface area (TPSA) is 103 Å². The Labute approximate surface area is 197 Å². The number of rotatable bonds is 2. The van der Waals surface area contributed by atoms with Gasteiger partial charge in [0.05, 0.1) is 40.7 Å². The zero-order valence-corrected chi connectivity index (χ0v) is 20.1. The molecule has 0 aliphatic carbocycles. The van der Waals surface area contributed by atoms with E-state index in [1.807, 2.05) is 6.07 Å². The third kappa shape index (κ3) is 8.22. The first-order chi connectivity index (χ1) is 14.5. The van der Waals surface area contributed by atoms with Crippen molar-refractivity contribution in [3.63, 3.8) is 0 Å². The standard InChI is InChI=1S/C10H12Cl2N2O2.C10H14ClN3O/c1-10(2,3)16-9(15)14-7-4-8(12)13-5-6(7)11;1-7-6-15-3-2-14(7)10-4-9(12)8(11)5-13-10/h4-5H,1-3H3,(H,13,14,15);4-5,7H,2-3,6H2,1H3,(H2,12,13)/t;7-/m.0/s1. The lowest BCUT2D eigenvalue weighted by atomic mass is 10.2. The van der Waals surface area contributed by atoms with E-state index in [-0.39, 0.29) is 5.15 Å². The van der Waals surface area contributed by atoms with Crippen LogP contribution in [0.3, 0.4) is 0 Å². The molecule has 3 heterocycles. The Hall–Kier alpha value is -2.00. The maximum atomic E-state index is 11.4. The Morgan fingerprint density at radius 3 is 2.52 bits per heavy atom. The van der Waals surface area contributed by atoms with Crippen LogP contribution >= 0.6 is 34.8 Å². The molecule has 2 aromatic rings. The van der Waals surface area contributed by atoms with Crippen LogP contribution in [0.4, 0.5) is 22.0 Å². The van der Waals surface area contributed by atoms with Gasteiger partial charge in [0, 0.05) is 31.1 Å². The largest absolute Gasteiger partial charge is 0.444 e. The van der Waals surface area contributed by atoms with Crippen molar-refractivity contribution in [3.05, 3.63) is 39.7 Å². The quantitative estimate of drug-likeness (QED) is 0.552. The number of anilines is 3. The number of carbonyl (C=O) groups is 1. The lowest BCUT2D eigenvalue weighted by Gasteiger charge is -2.34. The maximum absolute atomic E-state index is 11.4. The van der Waals surface area contributed by atoms with E-state index in [1.54, 1.807) is 27.0 Å². The van der Waals surface area contributed by atoms with Gasteiger partial charge in [-0.1, -0.05) is 34.8 Å². The molecule has 11 heteroatoms. The number of ether oxygens (including phenoxy) is 2. The maximum Gasteiger partial charge on any atom is 0.412 e. The van der Waals surface area contributed by atoms with Crippen LogP contribution in [-0.2, 0) is 9.47 Å². The number of aromatic nitrogens is 2. The molecular weight excluding hydrogens is 465 g/mol. The number of halogens is 3. The zero-order valence-electron chi connectivity index (χ0n) is 17.8. The molecule has 1 aliphatic heterocycles. The van der Waals surface area contributed by atoms with Crippen LogP contribution in [0, 0.1) is 0 Å². The monoisotopic (exact) mass is 489 g/mol. The van der Waals surface area contributed by atoms with Gasteiger partial charge in [0.1, 0.15) is 16.6 Å². The van der Waals surface area contributed by atoms with Crippen LogP contribution in [0.5, 0.6) is 0 Å². The second-order valence-corrected chi connectivity index (χ2v) is 9.00. The lowest BCUT2D eigenvalue weighted by molar-refractivity contribution is 0.0636. The lowest BCUT2D eigenvalue weighted by Crippen LogP contribution is -2.44. The Morgan fingerprint density at radius 1 is 1.23 bits per heavy atom. The van der Waals surface area contributed by atoms with Crippen molar-refractivity contribution in [2.75, 3.05) is 35.7 Å². The Bertz CT molecular complexity index is 908. The number of morpholine rings is 1. The Morgan fingerprint density at radius 2 is 1.90 bits per heavy atom. The SMILES string of the molecule is CC(C)(C)OC(=O)Nc1cc(Cl)ncc1Cl.C[C@H]1COCCN1c1cc(N)c(Cl)cn1. The highest BCUT2D eigenvalue weighted by Gasteiger charge is 2.20. The van der Waals surface area contributed by atoms with Gasteiger partial charge < -0.3 is 20.1 Å². The van der Waals surface area contributed by atoms with Crippen LogP contribution in [-0.4, -0.2) is 47.5 Å². The molecule has 3 N–H and O–H groups in total. The molecule has 1 saturated heterocycles. The average Bonchev–Trinajstić information content (AvgIpc) is 2.66. The summed E-state index contributed by atoms with van der Waals surface area (Å²) in [5.74, 6) is 0.868. The molecule has 0 bridgehead atoms. The van der Waals surface area contributed by atoms with Gasteiger partial charge in [-0.05, 0) is 27.7 Å². The van der Waals surface area contributed by atoms with E-state index in [2.05, 4.69) is 27.1 Å². The van der Waals surface area contributed by atoms with E-state index in [0.29, 0.717) is 27.5 Å². The third-order valence-corrected chi connectivity index (χ3v) is 4.81. The predicted molar refractivity (Wildman–Crippen MR) is 125 cm³/mol. The fourth-order valence-electron chi connectivity index (χ4n) is 2.59. The second-order valence-electron chi connectivity index (χ2n) is 7.80. The van der Waals surface area contributed by atoms with Crippen molar-refractivity contribution < 1.29 is 14.3 Å². The number of hydrogen-bond acceptors (Lipinski definition) is 7. The van der Waals surface area contributed by atoms with E-state index in [9.17, 15) is 4.79 Å². The summed E-state index contributed by atoms with van der Waals surface area (Å²) in [6.45, 7) is 9.72. The summed E-state index contributed by atoms with van der Waals surface area (Å²) in [4.78, 5) is 21.6. The molecule has 1 amide bonds. The molecule has 0 unspecified atom stereocenters. The molecule has 0 radical (unpaired) electrons. The Kier molecular flexibility index (Phi) is 9.00. The second kappa shape index (κ2) is 11.0. The van der Waals surface area contributed by atoms with Gasteiger partial charge in [0.2, 0.25) is 0 Å². The van der Waals surface area contributed by atoms with Crippen LogP contribution in [0.1, 0.15) is 27.7 Å². The molecule has 170 valence electrons. The highest BCUT2D eigenvalue weighted by Crippen LogP contribution is 2.25. The summed E-state index contributed by atoms with van der Waals surface area (Å²) in [6, 6.07) is 3.59. The smallest absolute Gasteiger partial charge is 0.412 e. The van der Waals surface area contributed by atoms with Crippen LogP contribution in [0.25, 0.3) is 0 Å². The van der Waals surface area contributed by atoms with Crippen LogP contribution < -0.4 is 16.0 Å². The summed E-state index contributed by atoms with van der Waals surface area (Å²) < 4.78 is 10.4. The van der Waals surface area contributed by atoms with E-state index >= 15 is 0 Å². The summed E-state index contributed by atoms with van der Waals surface area (Å²) in [6.07, 6.45) is 2.36. The zero-order chi connectivity index (χ0) is 23.2. The van der Waals surface area contributed by atoms with Crippen LogP contribution in [0.2, 0.25) is 15.2 Å². The van der Waals surface area contributed by atoms with E-state index < -0.39 is 11.7 Å². The summed E-state index contributed by atoms with van der Waals surface area (Å²) in [5, 5.41) is 3.54. The minimum absolute atomic E-state index is 0.246. The first kappa shape index (κ1) is 25.3. The molecular formula is C20H26Cl3N5O3. The van der Waals surface area contributed by atoms with Gasteiger partial charge in [-0.25, -0.2) is 14.8 Å². The van der Waals surface area contributed by atoms with Crippen molar-refractivity contribution in [1.29, 1.82) is 0 Å². The number of amides is 1. The molecule has 1 aliphatic rings. The van der Waals surface area contributed by atoms with E-state index in [1.165, 1.54) is 12.3 Å². The summed E-state index contributed by atoms with van der Waals surface area (Å²) in [5.41, 5.74) is 6.12. The first-order valence-corrected chi connectivity index (χ1v) is 10.7. The van der Waals surface area contributed by atoms with Gasteiger partial charge in [-0.3, -0.25) is 5.32 Å². The fourth-order valence-corrected chi connectivity index (χ4v) is 3.00. The van der Waals surface area contributed by atoms with Crippen molar-refractivity contribution in [2.24, 2.45) is 0 Å². The van der Waals surface area contributed by atoms with Gasteiger partial charge in [-0.2, -0.15) is 0 Å². The molecule has 0 aromatic carbocycles. The number of carbonyl (C=O) groups excluding carboxylic acids is 1. The third-order valence-electron chi connectivity index (χ3n) is 3.99. The number of nitrogens with one attached hydrogen (secondary N) is 1. The minimum atomic E-state index is -0.586. The van der Waals surface area contributed by atoms with Gasteiger partial charge in [0.15, 0.2) is 0 Å². The Balaban J connectivity index is 0.000000220. The van der Waals surface area contributed by atoms with Gasteiger partial charge >= 0.3 is 6.09 Å². The highest BCUT2D eigenvalue weighted by atomic mass is 35.5. The molecule has 0 spiro atoms. The van der Waals surface area contributed by atoms with Crippen molar-refractivity contribution in [2.45, 2.75) is 39.3 Å². The normalized spacial score (nSPS) is 16.2. The van der Waals surface area contributed by atoms with Gasteiger partial charge in [0.25, 0.3) is 0 Å². The number of nitrogens with two attached hydrogens (primary N) is 1. The van der Waals surface area contributed by atoms with E-state index in [4.69, 9.17) is 50.0 Å². The predicted octanol–water partition coefficient (Wildman–Crippen LogP) is 5.28. The summed E-state index contributed by atoms with van der Waals surface area (Å²) >= 11 is 17.3. The average molecular weight is 491 g/mol. The molecule has 2 aromatic heterocycles. The minimum Gasteiger partial charge on any atom is -0.444 e. The molecule has 1 atom stereocenters. The van der Waals surface area contributed by atoms with Gasteiger partial charge in [-0.15, -0.1) is 0 Å². The first-order valence-electron chi connectivity index (χ1n) is 9.52. The van der Waals surface area contributed by atoms with Crippen molar-refractivity contribution >= 4 is 58.1 Å². The molecule has 8 nitrogen and oxygen atoms in total. The summed E-state index contributed by atoms with van der Waals surface area (Å²) in [7, 11) is 0. The highest BCUT2D eigenvalue weighted by molar-refractivity contribution is 6.35. The van der Waals surface area contributed by atoms with E-state index in [0.717, 1.165) is 25.6 Å². The molecule has 1 fully saturated rings. The molecule has 3 rings (SSSR count). The van der Waals surface area contributed by atoms with Crippen molar-refractivity contribution in [3.8, 4) is 0 Å².